The number of nitrogens with one attached hydrogen (secondary N) is 1. The van der Waals surface area contributed by atoms with Gasteiger partial charge in [0.05, 0.1) is 6.26 Å². The minimum Gasteiger partial charge on any atom is -0.377 e. The number of β-amino-alcohol motifs (C(OH)–C–C–N with tert-alkyl or cyclic N) is 1. The molecule has 3 N–H and O–H groups in total. The van der Waals surface area contributed by atoms with Crippen LogP contribution in [0.5, 0.6) is 0 Å². The molecule has 0 aromatic rings. The van der Waals surface area contributed by atoms with Crippen molar-refractivity contribution in [2.24, 2.45) is 0 Å². The second-order valence-electron chi connectivity index (χ2n) is 3.05. The topological polar surface area (TPSA) is 89.9 Å². The van der Waals surface area contributed by atoms with Crippen LogP contribution in [0, 0.1) is 0 Å². The first-order chi connectivity index (χ1) is 6.34. The van der Waals surface area contributed by atoms with E-state index in [0.717, 1.165) is 19.6 Å². The second kappa shape index (κ2) is 6.31. The maximum Gasteiger partial charge on any atom is 0.261 e. The second-order valence-corrected chi connectivity index (χ2v) is 4.51. The Morgan fingerprint density at radius 1 is 1.57 bits per heavy atom. The molecule has 0 radical (unpaired) electrons. The Hall–Kier alpha value is -0.210. The van der Waals surface area contributed by atoms with E-state index in [4.69, 9.17) is 4.55 Å². The lowest BCUT2D eigenvalue weighted by Gasteiger charge is -2.31. The van der Waals surface area contributed by atoms with Crippen molar-refractivity contribution in [3.63, 3.8) is 0 Å². The van der Waals surface area contributed by atoms with Crippen molar-refractivity contribution in [2.75, 3.05) is 32.4 Å². The van der Waals surface area contributed by atoms with Crippen LogP contribution in [0.15, 0.2) is 0 Å². The highest BCUT2D eigenvalue weighted by Gasteiger charge is 2.16. The van der Waals surface area contributed by atoms with Crippen molar-refractivity contribution < 1.29 is 18.1 Å². The zero-order valence-electron chi connectivity index (χ0n) is 8.47. The predicted octanol–water partition coefficient (Wildman–Crippen LogP) is -1.27. The first kappa shape index (κ1) is 13.8. The van der Waals surface area contributed by atoms with Gasteiger partial charge in [-0.1, -0.05) is 6.92 Å². The maximum absolute atomic E-state index is 9.23. The molecule has 0 saturated carbocycles. The van der Waals surface area contributed by atoms with Gasteiger partial charge in [-0.05, 0) is 6.54 Å². The van der Waals surface area contributed by atoms with Crippen molar-refractivity contribution in [1.29, 1.82) is 0 Å². The van der Waals surface area contributed by atoms with Crippen molar-refractivity contribution in [3.05, 3.63) is 0 Å². The number of aliphatic hydroxyl groups is 1. The molecule has 0 bridgehead atoms. The van der Waals surface area contributed by atoms with E-state index < -0.39 is 10.1 Å². The van der Waals surface area contributed by atoms with E-state index in [1.807, 2.05) is 0 Å². The Balaban J connectivity index is 0.000000292. The average molecular weight is 226 g/mol. The third kappa shape index (κ3) is 8.39. The number of rotatable bonds is 1. The molecule has 14 heavy (non-hydrogen) atoms. The Labute approximate surface area is 84.7 Å². The Morgan fingerprint density at radius 2 is 2.07 bits per heavy atom. The van der Waals surface area contributed by atoms with Gasteiger partial charge in [-0.3, -0.25) is 9.45 Å². The van der Waals surface area contributed by atoms with Gasteiger partial charge < -0.3 is 10.4 Å². The number of hydrogen-bond donors (Lipinski definition) is 3. The van der Waals surface area contributed by atoms with E-state index in [2.05, 4.69) is 17.1 Å². The van der Waals surface area contributed by atoms with Gasteiger partial charge in [-0.2, -0.15) is 8.42 Å². The fraction of sp³-hybridized carbons (Fsp3) is 1.00. The lowest BCUT2D eigenvalue weighted by molar-refractivity contribution is -0.00886. The molecule has 7 heteroatoms. The average Bonchev–Trinajstić information content (AvgIpc) is 2.02. The normalized spacial score (nSPS) is 23.9. The summed E-state index contributed by atoms with van der Waals surface area (Å²) >= 11 is 0. The molecule has 0 spiro atoms. The Morgan fingerprint density at radius 3 is 2.36 bits per heavy atom. The van der Waals surface area contributed by atoms with Crippen molar-refractivity contribution >= 4 is 10.1 Å². The molecule has 0 aromatic carbocycles. The molecule has 1 aliphatic heterocycles. The summed E-state index contributed by atoms with van der Waals surface area (Å²) in [6.07, 6.45) is 0.455. The molecule has 0 amide bonds. The molecule has 86 valence electrons. The Bertz CT molecular complexity index is 234. The monoisotopic (exact) mass is 226 g/mol. The van der Waals surface area contributed by atoms with Gasteiger partial charge in [0, 0.05) is 19.6 Å². The highest BCUT2D eigenvalue weighted by Crippen LogP contribution is 1.97. The summed E-state index contributed by atoms with van der Waals surface area (Å²) in [6.45, 7) is 5.70. The fourth-order valence-corrected chi connectivity index (χ4v) is 1.10. The molecule has 1 fully saturated rings. The van der Waals surface area contributed by atoms with Crippen LogP contribution < -0.4 is 5.32 Å². The lowest BCUT2D eigenvalue weighted by atomic mass is 10.3. The van der Waals surface area contributed by atoms with Crippen molar-refractivity contribution in [1.82, 2.24) is 10.2 Å². The van der Waals surface area contributed by atoms with Crippen molar-refractivity contribution in [3.8, 4) is 0 Å². The minimum absolute atomic E-state index is 0.260. The first-order valence-corrected chi connectivity index (χ1v) is 6.24. The van der Waals surface area contributed by atoms with E-state index in [1.54, 1.807) is 0 Å². The number of piperazine rings is 1. The molecule has 1 heterocycles. The fourth-order valence-electron chi connectivity index (χ4n) is 1.10. The van der Waals surface area contributed by atoms with Gasteiger partial charge in [-0.25, -0.2) is 0 Å². The standard InChI is InChI=1S/C6H14N2O.CH4O3S/c1-2-8-4-3-7-5-6(8)9;1-5(2,3)4/h6-7,9H,2-5H2,1H3;1H3,(H,2,3,4). The molecule has 1 saturated heterocycles. The van der Waals surface area contributed by atoms with E-state index in [1.165, 1.54) is 0 Å². The molecule has 1 unspecified atom stereocenters. The number of aliphatic hydroxyl groups excluding tert-OH is 1. The maximum atomic E-state index is 9.23. The van der Waals surface area contributed by atoms with Gasteiger partial charge in [0.1, 0.15) is 6.23 Å². The SMILES string of the molecule is CCN1CCNCC1O.CS(=O)(=O)O. The number of likely N-dealkylation sites (N-methyl/N-ethyl adjacent to an activating group) is 1. The molecular formula is C7H18N2O4S. The van der Waals surface area contributed by atoms with E-state index in [0.29, 0.717) is 12.8 Å². The van der Waals surface area contributed by atoms with Crippen LogP contribution >= 0.6 is 0 Å². The summed E-state index contributed by atoms with van der Waals surface area (Å²) in [5.41, 5.74) is 0. The minimum atomic E-state index is -3.67. The summed E-state index contributed by atoms with van der Waals surface area (Å²) in [5.74, 6) is 0. The summed E-state index contributed by atoms with van der Waals surface area (Å²) in [7, 11) is -3.67. The van der Waals surface area contributed by atoms with E-state index >= 15 is 0 Å². The highest BCUT2D eigenvalue weighted by atomic mass is 32.2. The van der Waals surface area contributed by atoms with Crippen LogP contribution in [-0.4, -0.2) is 61.6 Å². The summed E-state index contributed by atoms with van der Waals surface area (Å²) in [6, 6.07) is 0. The Kier molecular flexibility index (Phi) is 6.21. The van der Waals surface area contributed by atoms with Gasteiger partial charge in [-0.15, -0.1) is 0 Å². The highest BCUT2D eigenvalue weighted by molar-refractivity contribution is 7.85. The number of hydrogen-bond acceptors (Lipinski definition) is 5. The molecule has 0 aromatic heterocycles. The first-order valence-electron chi connectivity index (χ1n) is 4.40. The van der Waals surface area contributed by atoms with Crippen LogP contribution in [0.3, 0.4) is 0 Å². The van der Waals surface area contributed by atoms with Crippen molar-refractivity contribution in [2.45, 2.75) is 13.2 Å². The van der Waals surface area contributed by atoms with Gasteiger partial charge in [0.2, 0.25) is 0 Å². The zero-order chi connectivity index (χ0) is 11.2. The van der Waals surface area contributed by atoms with E-state index in [9.17, 15) is 13.5 Å². The van der Waals surface area contributed by atoms with Gasteiger partial charge >= 0.3 is 0 Å². The van der Waals surface area contributed by atoms with Crippen LogP contribution in [0.4, 0.5) is 0 Å². The molecule has 1 atom stereocenters. The molecular weight excluding hydrogens is 208 g/mol. The smallest absolute Gasteiger partial charge is 0.261 e. The lowest BCUT2D eigenvalue weighted by Crippen LogP contribution is -2.50. The quantitative estimate of drug-likeness (QED) is 0.483. The van der Waals surface area contributed by atoms with E-state index in [-0.39, 0.29) is 6.23 Å². The molecule has 1 rings (SSSR count). The number of nitrogens with zero attached hydrogens (tertiary/aromatic N) is 1. The molecule has 6 nitrogen and oxygen atoms in total. The molecule has 1 aliphatic rings. The largest absolute Gasteiger partial charge is 0.377 e. The van der Waals surface area contributed by atoms with Crippen LogP contribution in [-0.2, 0) is 10.1 Å². The third-order valence-electron chi connectivity index (χ3n) is 1.73. The van der Waals surface area contributed by atoms with Crippen LogP contribution in [0.25, 0.3) is 0 Å². The summed E-state index contributed by atoms with van der Waals surface area (Å²) in [4.78, 5) is 2.05. The zero-order valence-corrected chi connectivity index (χ0v) is 9.29. The van der Waals surface area contributed by atoms with Crippen LogP contribution in [0.2, 0.25) is 0 Å². The predicted molar refractivity (Wildman–Crippen MR) is 53.6 cm³/mol. The van der Waals surface area contributed by atoms with Gasteiger partial charge in [0.15, 0.2) is 0 Å². The molecule has 0 aliphatic carbocycles. The van der Waals surface area contributed by atoms with Gasteiger partial charge in [0.25, 0.3) is 10.1 Å². The summed E-state index contributed by atoms with van der Waals surface area (Å²) in [5, 5.41) is 12.3. The van der Waals surface area contributed by atoms with Crippen LogP contribution in [0.1, 0.15) is 6.92 Å². The summed E-state index contributed by atoms with van der Waals surface area (Å²) < 4.78 is 25.9. The third-order valence-corrected chi connectivity index (χ3v) is 1.73.